The SMILES string of the molecule is CC(c1nc2ccccc2c(=O)n1-c1ccc(OCc2ccccc2)cc1)N(C)C(=O)c1ccc2c(c1)OCO2. The summed E-state index contributed by atoms with van der Waals surface area (Å²) in [6.07, 6.45) is 0. The molecule has 1 aliphatic rings. The Morgan fingerprint density at radius 3 is 2.48 bits per heavy atom. The second-order valence-corrected chi connectivity index (χ2v) is 9.56. The number of ether oxygens (including phenoxy) is 3. The summed E-state index contributed by atoms with van der Waals surface area (Å²) in [6.45, 7) is 2.42. The number of para-hydroxylation sites is 1. The van der Waals surface area contributed by atoms with E-state index in [4.69, 9.17) is 19.2 Å². The molecule has 1 unspecified atom stereocenters. The molecule has 0 radical (unpaired) electrons. The zero-order chi connectivity index (χ0) is 27.6. The van der Waals surface area contributed by atoms with Gasteiger partial charge in [-0.2, -0.15) is 0 Å². The van der Waals surface area contributed by atoms with Crippen LogP contribution in [-0.4, -0.2) is 34.2 Å². The summed E-state index contributed by atoms with van der Waals surface area (Å²) in [7, 11) is 1.70. The third-order valence-corrected chi connectivity index (χ3v) is 7.04. The second-order valence-electron chi connectivity index (χ2n) is 9.56. The first-order valence-corrected chi connectivity index (χ1v) is 13.0. The number of amides is 1. The first kappa shape index (κ1) is 25.2. The minimum atomic E-state index is -0.538. The highest BCUT2D eigenvalue weighted by Gasteiger charge is 2.26. The van der Waals surface area contributed by atoms with Crippen molar-refractivity contribution in [3.05, 3.63) is 124 Å². The lowest BCUT2D eigenvalue weighted by atomic mass is 10.1. The second kappa shape index (κ2) is 10.6. The fourth-order valence-electron chi connectivity index (χ4n) is 4.69. The Morgan fingerprint density at radius 2 is 1.68 bits per heavy atom. The number of nitrogens with zero attached hydrogens (tertiary/aromatic N) is 3. The minimum absolute atomic E-state index is 0.128. The van der Waals surface area contributed by atoms with Gasteiger partial charge in [-0.3, -0.25) is 14.2 Å². The van der Waals surface area contributed by atoms with Crippen LogP contribution in [0.25, 0.3) is 16.6 Å². The maximum Gasteiger partial charge on any atom is 0.266 e. The zero-order valence-electron chi connectivity index (χ0n) is 22.1. The molecule has 1 aromatic heterocycles. The Kier molecular flexibility index (Phi) is 6.66. The maximum atomic E-state index is 13.8. The molecular formula is C32H27N3O5. The van der Waals surface area contributed by atoms with Crippen LogP contribution >= 0.6 is 0 Å². The van der Waals surface area contributed by atoms with Crippen molar-refractivity contribution < 1.29 is 19.0 Å². The Bertz CT molecular complexity index is 1750. The van der Waals surface area contributed by atoms with E-state index >= 15 is 0 Å². The topological polar surface area (TPSA) is 82.9 Å². The monoisotopic (exact) mass is 533 g/mol. The molecule has 0 fully saturated rings. The summed E-state index contributed by atoms with van der Waals surface area (Å²) in [5.74, 6) is 2.03. The molecule has 0 spiro atoms. The van der Waals surface area contributed by atoms with E-state index in [9.17, 15) is 9.59 Å². The first-order chi connectivity index (χ1) is 19.5. The van der Waals surface area contributed by atoms with E-state index in [1.807, 2.05) is 73.7 Å². The summed E-state index contributed by atoms with van der Waals surface area (Å²) < 4.78 is 18.3. The van der Waals surface area contributed by atoms with E-state index in [1.165, 1.54) is 0 Å². The highest BCUT2D eigenvalue weighted by Crippen LogP contribution is 2.33. The average molecular weight is 534 g/mol. The molecule has 1 atom stereocenters. The minimum Gasteiger partial charge on any atom is -0.489 e. The molecule has 0 saturated heterocycles. The molecule has 4 aromatic carbocycles. The molecule has 8 heteroatoms. The van der Waals surface area contributed by atoms with E-state index in [1.54, 1.807) is 46.8 Å². The van der Waals surface area contributed by atoms with Gasteiger partial charge in [-0.25, -0.2) is 4.98 Å². The van der Waals surface area contributed by atoms with Crippen molar-refractivity contribution in [3.8, 4) is 22.9 Å². The molecule has 1 amide bonds. The molecule has 8 nitrogen and oxygen atoms in total. The molecule has 200 valence electrons. The highest BCUT2D eigenvalue weighted by molar-refractivity contribution is 5.95. The van der Waals surface area contributed by atoms with Crippen molar-refractivity contribution in [2.24, 2.45) is 0 Å². The third-order valence-electron chi connectivity index (χ3n) is 7.04. The zero-order valence-corrected chi connectivity index (χ0v) is 22.1. The molecule has 0 saturated carbocycles. The van der Waals surface area contributed by atoms with Crippen molar-refractivity contribution in [3.63, 3.8) is 0 Å². The molecule has 0 N–H and O–H groups in total. The highest BCUT2D eigenvalue weighted by atomic mass is 16.7. The van der Waals surface area contributed by atoms with Gasteiger partial charge in [-0.05, 0) is 67.1 Å². The summed E-state index contributed by atoms with van der Waals surface area (Å²) in [5, 5.41) is 0.493. The van der Waals surface area contributed by atoms with Gasteiger partial charge in [0.1, 0.15) is 18.2 Å². The molecule has 2 heterocycles. The van der Waals surface area contributed by atoms with Gasteiger partial charge in [0.2, 0.25) is 6.79 Å². The molecule has 6 rings (SSSR count). The number of aromatic nitrogens is 2. The largest absolute Gasteiger partial charge is 0.489 e. The van der Waals surface area contributed by atoms with Gasteiger partial charge in [-0.1, -0.05) is 42.5 Å². The normalized spacial score (nSPS) is 12.8. The van der Waals surface area contributed by atoms with Gasteiger partial charge in [0.05, 0.1) is 22.6 Å². The molecule has 1 aliphatic heterocycles. The Hall–Kier alpha value is -5.11. The number of fused-ring (bicyclic) bond motifs is 2. The van der Waals surface area contributed by atoms with Gasteiger partial charge < -0.3 is 19.1 Å². The van der Waals surface area contributed by atoms with Crippen molar-refractivity contribution in [1.29, 1.82) is 0 Å². The average Bonchev–Trinajstić information content (AvgIpc) is 3.48. The lowest BCUT2D eigenvalue weighted by molar-refractivity contribution is 0.0734. The molecule has 0 bridgehead atoms. The van der Waals surface area contributed by atoms with Crippen molar-refractivity contribution in [1.82, 2.24) is 14.5 Å². The van der Waals surface area contributed by atoms with Gasteiger partial charge in [0.25, 0.3) is 11.5 Å². The standard InChI is InChI=1S/C32H27N3O5/c1-21(34(2)31(36)23-12-17-28-29(18-23)40-20-39-28)30-33-27-11-7-6-10-26(27)32(37)35(30)24-13-15-25(16-14-24)38-19-22-8-4-3-5-9-22/h3-18,21H,19-20H2,1-2H3. The van der Waals surface area contributed by atoms with E-state index in [0.29, 0.717) is 51.8 Å². The van der Waals surface area contributed by atoms with Gasteiger partial charge in [0.15, 0.2) is 11.5 Å². The predicted molar refractivity (Wildman–Crippen MR) is 151 cm³/mol. The van der Waals surface area contributed by atoms with Crippen molar-refractivity contribution >= 4 is 16.8 Å². The van der Waals surface area contributed by atoms with Crippen molar-refractivity contribution in [2.75, 3.05) is 13.8 Å². The van der Waals surface area contributed by atoms with Gasteiger partial charge in [-0.15, -0.1) is 0 Å². The smallest absolute Gasteiger partial charge is 0.266 e. The number of carbonyl (C=O) groups is 1. The van der Waals surface area contributed by atoms with Gasteiger partial charge in [0, 0.05) is 12.6 Å². The summed E-state index contributed by atoms with van der Waals surface area (Å²) in [5.41, 5.74) is 2.49. The number of hydrogen-bond acceptors (Lipinski definition) is 6. The predicted octanol–water partition coefficient (Wildman–Crippen LogP) is 5.53. The maximum absolute atomic E-state index is 13.8. The number of carbonyl (C=O) groups excluding carboxylic acids is 1. The van der Waals surface area contributed by atoms with Crippen LogP contribution in [0.1, 0.15) is 34.7 Å². The van der Waals surface area contributed by atoms with Crippen LogP contribution in [0, 0.1) is 0 Å². The Labute approximate surface area is 231 Å². The van der Waals surface area contributed by atoms with Crippen LogP contribution in [-0.2, 0) is 6.61 Å². The van der Waals surface area contributed by atoms with E-state index in [-0.39, 0.29) is 18.3 Å². The Morgan fingerprint density at radius 1 is 0.950 bits per heavy atom. The van der Waals surface area contributed by atoms with Crippen molar-refractivity contribution in [2.45, 2.75) is 19.6 Å². The summed E-state index contributed by atoms with van der Waals surface area (Å²) in [6, 6.07) is 29.0. The summed E-state index contributed by atoms with van der Waals surface area (Å²) >= 11 is 0. The van der Waals surface area contributed by atoms with Crippen LogP contribution in [0.2, 0.25) is 0 Å². The quantitative estimate of drug-likeness (QED) is 0.274. The number of benzene rings is 4. The molecule has 0 aliphatic carbocycles. The lowest BCUT2D eigenvalue weighted by Gasteiger charge is -2.27. The number of rotatable bonds is 7. The van der Waals surface area contributed by atoms with Gasteiger partial charge >= 0.3 is 0 Å². The number of hydrogen-bond donors (Lipinski definition) is 0. The van der Waals surface area contributed by atoms with Crippen LogP contribution in [0.4, 0.5) is 0 Å². The van der Waals surface area contributed by atoms with Crippen LogP contribution in [0.3, 0.4) is 0 Å². The van der Waals surface area contributed by atoms with Crippen LogP contribution in [0.5, 0.6) is 17.2 Å². The summed E-state index contributed by atoms with van der Waals surface area (Å²) in [4.78, 5) is 33.7. The lowest BCUT2D eigenvalue weighted by Crippen LogP contribution is -2.34. The fourth-order valence-corrected chi connectivity index (χ4v) is 4.69. The van der Waals surface area contributed by atoms with Crippen LogP contribution in [0.15, 0.2) is 102 Å². The third kappa shape index (κ3) is 4.75. The molecule has 5 aromatic rings. The van der Waals surface area contributed by atoms with Crippen LogP contribution < -0.4 is 19.8 Å². The van der Waals surface area contributed by atoms with E-state index in [2.05, 4.69) is 0 Å². The Balaban J connectivity index is 1.34. The van der Waals surface area contributed by atoms with E-state index in [0.717, 1.165) is 5.56 Å². The van der Waals surface area contributed by atoms with E-state index < -0.39 is 6.04 Å². The fraction of sp³-hybridized carbons (Fsp3) is 0.156. The molecule has 40 heavy (non-hydrogen) atoms. The first-order valence-electron chi connectivity index (χ1n) is 13.0. The molecular weight excluding hydrogens is 506 g/mol.